The molecule has 0 saturated heterocycles. The Bertz CT molecular complexity index is 960. The Hall–Kier alpha value is -2.49. The molecule has 1 fully saturated rings. The molecule has 1 atom stereocenters. The summed E-state index contributed by atoms with van der Waals surface area (Å²) in [5, 5.41) is 6.38. The maximum atomic E-state index is 13.1. The number of amides is 2. The van der Waals surface area contributed by atoms with Crippen molar-refractivity contribution < 1.29 is 19.1 Å². The summed E-state index contributed by atoms with van der Waals surface area (Å²) >= 11 is -2.51. The fourth-order valence-corrected chi connectivity index (χ4v) is 8.51. The summed E-state index contributed by atoms with van der Waals surface area (Å²) in [7, 11) is 1.59. The first kappa shape index (κ1) is 28.1. The van der Waals surface area contributed by atoms with Crippen LogP contribution in [-0.4, -0.2) is 40.6 Å². The van der Waals surface area contributed by atoms with Crippen LogP contribution in [-0.2, 0) is 0 Å². The van der Waals surface area contributed by atoms with E-state index < -0.39 is 20.1 Å². The zero-order valence-electron chi connectivity index (χ0n) is 21.8. The fraction of sp³-hybridized carbons (Fsp3) is 0.500. The van der Waals surface area contributed by atoms with Gasteiger partial charge < -0.3 is 0 Å². The van der Waals surface area contributed by atoms with E-state index >= 15 is 0 Å². The number of halogens is 1. The van der Waals surface area contributed by atoms with Crippen LogP contribution in [0.15, 0.2) is 48.5 Å². The van der Waals surface area contributed by atoms with Gasteiger partial charge in [0.05, 0.1) is 0 Å². The second-order valence-electron chi connectivity index (χ2n) is 9.50. The Kier molecular flexibility index (Phi) is 11.2. The topological polar surface area (TPSA) is 88.7 Å². The maximum absolute atomic E-state index is 13.1. The molecular weight excluding hydrogens is 569 g/mol. The average Bonchev–Trinajstić information content (AvgIpc) is 3.42. The zero-order valence-corrected chi connectivity index (χ0v) is 24.0. The van der Waals surface area contributed by atoms with Gasteiger partial charge in [-0.2, -0.15) is 0 Å². The first-order valence-corrected chi connectivity index (χ1v) is 16.2. The number of hydrogen-bond acceptors (Lipinski definition) is 5. The summed E-state index contributed by atoms with van der Waals surface area (Å²) in [6, 6.07) is 14.9. The van der Waals surface area contributed by atoms with Gasteiger partial charge in [0.2, 0.25) is 0 Å². The van der Waals surface area contributed by atoms with Crippen LogP contribution >= 0.6 is 20.1 Å². The van der Waals surface area contributed by atoms with Crippen molar-refractivity contribution in [2.45, 2.75) is 50.4 Å². The number of methoxy groups -OCH3 is 1. The van der Waals surface area contributed by atoms with E-state index in [1.165, 1.54) is 25.7 Å². The molecule has 0 bridgehead atoms. The SMILES string of the molecule is COc1ccc(C(=O)NI(C(=O)NCCNc2ccc(OCC3CCCC3)cc2)C(C)C(C)C)cc1. The second-order valence-corrected chi connectivity index (χ2v) is 14.8. The molecule has 1 unspecified atom stereocenters. The number of hydrogen-bond donors (Lipinski definition) is 3. The Balaban J connectivity index is 1.45. The van der Waals surface area contributed by atoms with E-state index in [1.807, 2.05) is 24.3 Å². The monoisotopic (exact) mass is 609 g/mol. The third-order valence-electron chi connectivity index (χ3n) is 6.52. The molecule has 36 heavy (non-hydrogen) atoms. The number of anilines is 1. The molecule has 0 aromatic heterocycles. The van der Waals surface area contributed by atoms with Gasteiger partial charge in [-0.05, 0) is 12.8 Å². The van der Waals surface area contributed by atoms with Crippen molar-refractivity contribution in [1.29, 1.82) is 0 Å². The molecule has 198 valence electrons. The van der Waals surface area contributed by atoms with Crippen LogP contribution in [0, 0.1) is 11.8 Å². The molecule has 0 aliphatic heterocycles. The van der Waals surface area contributed by atoms with E-state index in [0.717, 1.165) is 18.0 Å². The van der Waals surface area contributed by atoms with Crippen molar-refractivity contribution in [2.75, 3.05) is 32.1 Å². The Morgan fingerprint density at radius 3 is 2.19 bits per heavy atom. The molecule has 2 aromatic carbocycles. The molecule has 2 amide bonds. The average molecular weight is 610 g/mol. The van der Waals surface area contributed by atoms with Gasteiger partial charge in [-0.15, -0.1) is 0 Å². The Morgan fingerprint density at radius 2 is 1.58 bits per heavy atom. The van der Waals surface area contributed by atoms with Crippen LogP contribution in [0.4, 0.5) is 10.5 Å². The first-order chi connectivity index (χ1) is 17.4. The minimum atomic E-state index is -2.51. The molecule has 0 radical (unpaired) electrons. The molecule has 3 N–H and O–H groups in total. The molecule has 1 saturated carbocycles. The van der Waals surface area contributed by atoms with E-state index in [0.29, 0.717) is 36.2 Å². The Morgan fingerprint density at radius 1 is 0.944 bits per heavy atom. The van der Waals surface area contributed by atoms with Crippen LogP contribution in [0.5, 0.6) is 11.5 Å². The van der Waals surface area contributed by atoms with Crippen LogP contribution in [0.2, 0.25) is 0 Å². The summed E-state index contributed by atoms with van der Waals surface area (Å²) < 4.78 is 14.3. The summed E-state index contributed by atoms with van der Waals surface area (Å²) in [5.41, 5.74) is 1.51. The van der Waals surface area contributed by atoms with Gasteiger partial charge in [-0.25, -0.2) is 0 Å². The number of carbonyl (C=O) groups excluding carboxylic acids is 2. The number of rotatable bonds is 13. The van der Waals surface area contributed by atoms with E-state index in [9.17, 15) is 9.59 Å². The van der Waals surface area contributed by atoms with Crippen LogP contribution in [0.25, 0.3) is 0 Å². The Labute approximate surface area is 222 Å². The standard InChI is InChI=1S/C28H40IN3O4/c1-20(2)21(3)29(32-27(33)23-9-13-25(35-4)14-10-23)28(34)31-18-17-30-24-11-15-26(16-12-24)36-19-22-7-5-6-8-22/h9-16,20-22,30H,5-8,17-19H2,1-4H3,(H,31,34)(H,32,33). The van der Waals surface area contributed by atoms with Crippen LogP contribution < -0.4 is 23.6 Å². The van der Waals surface area contributed by atoms with Crippen LogP contribution in [0.3, 0.4) is 0 Å². The molecular formula is C28H40IN3O4. The van der Waals surface area contributed by atoms with Gasteiger partial charge >= 0.3 is 198 Å². The predicted molar refractivity (Wildman–Crippen MR) is 155 cm³/mol. The van der Waals surface area contributed by atoms with E-state index in [4.69, 9.17) is 9.47 Å². The van der Waals surface area contributed by atoms with Crippen molar-refractivity contribution in [3.05, 3.63) is 54.1 Å². The second kappa shape index (κ2) is 14.3. The van der Waals surface area contributed by atoms with E-state index in [1.54, 1.807) is 31.4 Å². The summed E-state index contributed by atoms with van der Waals surface area (Å²) in [5.74, 6) is 2.36. The van der Waals surface area contributed by atoms with Crippen molar-refractivity contribution in [3.63, 3.8) is 0 Å². The minimum absolute atomic E-state index is 0.0280. The van der Waals surface area contributed by atoms with Gasteiger partial charge in [0, 0.05) is 0 Å². The van der Waals surface area contributed by atoms with E-state index in [2.05, 4.69) is 34.9 Å². The number of carbonyl (C=O) groups is 2. The van der Waals surface area contributed by atoms with Gasteiger partial charge in [-0.1, -0.05) is 12.8 Å². The van der Waals surface area contributed by atoms with Crippen molar-refractivity contribution in [3.8, 4) is 11.5 Å². The molecule has 0 spiro atoms. The third kappa shape index (κ3) is 8.57. The summed E-state index contributed by atoms with van der Waals surface area (Å²) in [4.78, 5) is 25.9. The molecule has 2 aromatic rings. The zero-order chi connectivity index (χ0) is 25.9. The molecule has 1 aliphatic carbocycles. The number of nitrogens with one attached hydrogen (secondary N) is 3. The molecule has 8 heteroatoms. The van der Waals surface area contributed by atoms with Crippen molar-refractivity contribution in [2.24, 2.45) is 11.8 Å². The van der Waals surface area contributed by atoms with Gasteiger partial charge in [-0.3, -0.25) is 0 Å². The molecule has 0 heterocycles. The third-order valence-corrected chi connectivity index (χ3v) is 12.4. The number of alkyl halides is 1. The number of benzene rings is 2. The molecule has 3 rings (SSSR count). The normalized spacial score (nSPS) is 14.8. The van der Waals surface area contributed by atoms with Crippen molar-refractivity contribution in [1.82, 2.24) is 8.85 Å². The summed E-state index contributed by atoms with van der Waals surface area (Å²) in [6.07, 6.45) is 5.19. The molecule has 7 nitrogen and oxygen atoms in total. The number of ether oxygens (including phenoxy) is 2. The van der Waals surface area contributed by atoms with Crippen molar-refractivity contribution >= 4 is 35.6 Å². The van der Waals surface area contributed by atoms with Gasteiger partial charge in [0.1, 0.15) is 0 Å². The van der Waals surface area contributed by atoms with Gasteiger partial charge in [0.15, 0.2) is 0 Å². The van der Waals surface area contributed by atoms with Crippen LogP contribution in [0.1, 0.15) is 56.8 Å². The quantitative estimate of drug-likeness (QED) is 0.0622. The van der Waals surface area contributed by atoms with Gasteiger partial charge in [0.25, 0.3) is 0 Å². The fourth-order valence-electron chi connectivity index (χ4n) is 3.93. The first-order valence-electron chi connectivity index (χ1n) is 12.7. The predicted octanol–water partition coefficient (Wildman–Crippen LogP) is 6.28. The summed E-state index contributed by atoms with van der Waals surface area (Å²) in [6.45, 7) is 8.11. The molecule has 1 aliphatic rings. The van der Waals surface area contributed by atoms with E-state index in [-0.39, 0.29) is 13.7 Å².